The molecule has 0 saturated heterocycles. The smallest absolute Gasteiger partial charge is 0.0387 e. The van der Waals surface area contributed by atoms with Crippen molar-refractivity contribution in [3.63, 3.8) is 0 Å². The lowest BCUT2D eigenvalue weighted by Crippen LogP contribution is -2.15. The van der Waals surface area contributed by atoms with Crippen LogP contribution in [0.4, 0.5) is 11.4 Å². The summed E-state index contributed by atoms with van der Waals surface area (Å²) in [6.07, 6.45) is 0. The van der Waals surface area contributed by atoms with Crippen molar-refractivity contribution in [2.24, 2.45) is 0 Å². The highest BCUT2D eigenvalue weighted by atomic mass is 14.9. The fourth-order valence-corrected chi connectivity index (χ4v) is 4.85. The van der Waals surface area contributed by atoms with E-state index in [2.05, 4.69) is 131 Å². The van der Waals surface area contributed by atoms with Crippen LogP contribution in [-0.4, -0.2) is 0 Å². The number of hydrogen-bond acceptors (Lipinski definition) is 1. The van der Waals surface area contributed by atoms with Crippen LogP contribution in [0.2, 0.25) is 0 Å². The first kappa shape index (κ1) is 20.6. The van der Waals surface area contributed by atoms with E-state index in [1.54, 1.807) is 0 Å². The van der Waals surface area contributed by atoms with Gasteiger partial charge in [0, 0.05) is 16.8 Å². The molecule has 1 aliphatic rings. The molecule has 32 heavy (non-hydrogen) atoms. The molecule has 0 spiro atoms. The first-order valence-corrected chi connectivity index (χ1v) is 11.5. The maximum absolute atomic E-state index is 3.61. The SMILES string of the molecule is CC(C)(C)c1ccc(Nc2ccc3c(c2)C(C)(C)c2cc(-c4ccccc4)ccc2-3)cc1. The van der Waals surface area contributed by atoms with E-state index in [0.29, 0.717) is 0 Å². The van der Waals surface area contributed by atoms with Crippen LogP contribution in [0.25, 0.3) is 22.3 Å². The van der Waals surface area contributed by atoms with E-state index in [4.69, 9.17) is 0 Å². The topological polar surface area (TPSA) is 12.0 Å². The summed E-state index contributed by atoms with van der Waals surface area (Å²) in [5, 5.41) is 3.61. The van der Waals surface area contributed by atoms with Crippen molar-refractivity contribution in [2.45, 2.75) is 45.4 Å². The number of rotatable bonds is 3. The van der Waals surface area contributed by atoms with Crippen LogP contribution in [-0.2, 0) is 10.8 Å². The molecule has 0 unspecified atom stereocenters. The molecule has 1 nitrogen and oxygen atoms in total. The zero-order valence-electron chi connectivity index (χ0n) is 19.7. The van der Waals surface area contributed by atoms with E-state index in [1.807, 2.05) is 0 Å². The zero-order valence-corrected chi connectivity index (χ0v) is 19.7. The third-order valence-electron chi connectivity index (χ3n) is 6.82. The highest BCUT2D eigenvalue weighted by Crippen LogP contribution is 2.50. The number of benzene rings is 4. The maximum Gasteiger partial charge on any atom is 0.0387 e. The van der Waals surface area contributed by atoms with Gasteiger partial charge in [-0.25, -0.2) is 0 Å². The van der Waals surface area contributed by atoms with Crippen LogP contribution in [0.5, 0.6) is 0 Å². The van der Waals surface area contributed by atoms with Crippen LogP contribution in [0.3, 0.4) is 0 Å². The number of fused-ring (bicyclic) bond motifs is 3. The van der Waals surface area contributed by atoms with Gasteiger partial charge in [-0.1, -0.05) is 95.3 Å². The maximum atomic E-state index is 3.61. The monoisotopic (exact) mass is 417 g/mol. The second-order valence-electron chi connectivity index (χ2n) is 10.5. The number of hydrogen-bond donors (Lipinski definition) is 1. The summed E-state index contributed by atoms with van der Waals surface area (Å²) in [6, 6.07) is 33.2. The van der Waals surface area contributed by atoms with Crippen molar-refractivity contribution >= 4 is 11.4 Å². The van der Waals surface area contributed by atoms with E-state index in [9.17, 15) is 0 Å². The lowest BCUT2D eigenvalue weighted by molar-refractivity contribution is 0.590. The van der Waals surface area contributed by atoms with Crippen LogP contribution in [0.1, 0.15) is 51.3 Å². The van der Waals surface area contributed by atoms with Crippen molar-refractivity contribution in [1.29, 1.82) is 0 Å². The molecule has 160 valence electrons. The first-order chi connectivity index (χ1) is 15.2. The lowest BCUT2D eigenvalue weighted by atomic mass is 9.81. The quantitative estimate of drug-likeness (QED) is 0.351. The fourth-order valence-electron chi connectivity index (χ4n) is 4.85. The molecular formula is C31H31N. The van der Waals surface area contributed by atoms with Gasteiger partial charge < -0.3 is 5.32 Å². The third-order valence-corrected chi connectivity index (χ3v) is 6.82. The van der Waals surface area contributed by atoms with Crippen LogP contribution in [0.15, 0.2) is 91.0 Å². The van der Waals surface area contributed by atoms with Crippen molar-refractivity contribution in [3.8, 4) is 22.3 Å². The van der Waals surface area contributed by atoms with Crippen molar-refractivity contribution in [3.05, 3.63) is 108 Å². The standard InChI is InChI=1S/C31H31N/c1-30(2,3)23-12-14-24(15-13-23)32-25-16-18-27-26-17-11-22(21-9-7-6-8-10-21)19-28(26)31(4,5)29(27)20-25/h6-20,32H,1-5H3. The minimum Gasteiger partial charge on any atom is -0.356 e. The van der Waals surface area contributed by atoms with Crippen LogP contribution in [0, 0.1) is 0 Å². The summed E-state index contributed by atoms with van der Waals surface area (Å²) in [7, 11) is 0. The highest BCUT2D eigenvalue weighted by Gasteiger charge is 2.35. The van der Waals surface area contributed by atoms with Gasteiger partial charge in [0.05, 0.1) is 0 Å². The van der Waals surface area contributed by atoms with E-state index < -0.39 is 0 Å². The van der Waals surface area contributed by atoms with Crippen LogP contribution < -0.4 is 5.32 Å². The van der Waals surface area contributed by atoms with Gasteiger partial charge in [0.2, 0.25) is 0 Å². The lowest BCUT2D eigenvalue weighted by Gasteiger charge is -2.23. The molecule has 4 aromatic carbocycles. The molecule has 0 aliphatic heterocycles. The fraction of sp³-hybridized carbons (Fsp3) is 0.226. The Morgan fingerprint density at radius 3 is 1.84 bits per heavy atom. The molecule has 0 bridgehead atoms. The molecule has 0 radical (unpaired) electrons. The van der Waals surface area contributed by atoms with Gasteiger partial charge in [0.1, 0.15) is 0 Å². The minimum atomic E-state index is -0.0385. The van der Waals surface area contributed by atoms with Gasteiger partial charge in [-0.15, -0.1) is 0 Å². The Balaban J connectivity index is 1.47. The van der Waals surface area contributed by atoms with Gasteiger partial charge in [0.25, 0.3) is 0 Å². The average molecular weight is 418 g/mol. The Bertz CT molecular complexity index is 1270. The predicted molar refractivity (Wildman–Crippen MR) is 138 cm³/mol. The second kappa shape index (κ2) is 7.38. The number of nitrogens with one attached hydrogen (secondary N) is 1. The minimum absolute atomic E-state index is 0.0385. The molecule has 1 heteroatoms. The summed E-state index contributed by atoms with van der Waals surface area (Å²) in [4.78, 5) is 0. The Hall–Kier alpha value is -3.32. The van der Waals surface area contributed by atoms with E-state index in [0.717, 1.165) is 11.4 Å². The molecule has 1 aliphatic carbocycles. The normalized spacial score (nSPS) is 14.0. The molecule has 0 saturated carbocycles. The molecular weight excluding hydrogens is 386 g/mol. The molecule has 5 rings (SSSR count). The Morgan fingerprint density at radius 1 is 0.594 bits per heavy atom. The largest absolute Gasteiger partial charge is 0.356 e. The van der Waals surface area contributed by atoms with Crippen molar-refractivity contribution in [2.75, 3.05) is 5.32 Å². The summed E-state index contributed by atoms with van der Waals surface area (Å²) in [5.41, 5.74) is 11.8. The first-order valence-electron chi connectivity index (χ1n) is 11.5. The van der Waals surface area contributed by atoms with Gasteiger partial charge in [0.15, 0.2) is 0 Å². The van der Waals surface area contributed by atoms with E-state index >= 15 is 0 Å². The van der Waals surface area contributed by atoms with Crippen LogP contribution >= 0.6 is 0 Å². The summed E-state index contributed by atoms with van der Waals surface area (Å²) < 4.78 is 0. The number of anilines is 2. The summed E-state index contributed by atoms with van der Waals surface area (Å²) >= 11 is 0. The van der Waals surface area contributed by atoms with Gasteiger partial charge in [-0.05, 0) is 74.7 Å². The molecule has 1 N–H and O–H groups in total. The highest BCUT2D eigenvalue weighted by molar-refractivity contribution is 5.85. The zero-order chi connectivity index (χ0) is 22.5. The average Bonchev–Trinajstić information content (AvgIpc) is 3.00. The molecule has 0 heterocycles. The molecule has 0 aromatic heterocycles. The molecule has 4 aromatic rings. The molecule has 0 fully saturated rings. The molecule has 0 atom stereocenters. The Morgan fingerprint density at radius 2 is 1.19 bits per heavy atom. The predicted octanol–water partition coefficient (Wildman–Crippen LogP) is 8.70. The third kappa shape index (κ3) is 3.52. The summed E-state index contributed by atoms with van der Waals surface area (Å²) in [6.45, 7) is 11.4. The van der Waals surface area contributed by atoms with E-state index in [1.165, 1.54) is 38.9 Å². The van der Waals surface area contributed by atoms with Gasteiger partial charge >= 0.3 is 0 Å². The molecule has 0 amide bonds. The second-order valence-corrected chi connectivity index (χ2v) is 10.5. The van der Waals surface area contributed by atoms with Gasteiger partial charge in [-0.3, -0.25) is 0 Å². The van der Waals surface area contributed by atoms with Crippen molar-refractivity contribution < 1.29 is 0 Å². The summed E-state index contributed by atoms with van der Waals surface area (Å²) in [5.74, 6) is 0. The van der Waals surface area contributed by atoms with Gasteiger partial charge in [-0.2, -0.15) is 0 Å². The van der Waals surface area contributed by atoms with Crippen molar-refractivity contribution in [1.82, 2.24) is 0 Å². The Labute approximate surface area is 192 Å². The van der Waals surface area contributed by atoms with E-state index in [-0.39, 0.29) is 10.8 Å². The Kier molecular flexibility index (Phi) is 4.74.